The van der Waals surface area contributed by atoms with Crippen LogP contribution >= 0.6 is 0 Å². The van der Waals surface area contributed by atoms with Crippen LogP contribution < -0.4 is 9.64 Å². The van der Waals surface area contributed by atoms with Crippen LogP contribution in [-0.4, -0.2) is 31.4 Å². The van der Waals surface area contributed by atoms with E-state index in [-0.39, 0.29) is 6.61 Å². The Morgan fingerprint density at radius 1 is 0.895 bits per heavy atom. The molecule has 0 aliphatic carbocycles. The molecule has 0 heterocycles. The molecule has 7 nitrogen and oxygen atoms in total. The predicted octanol–water partition coefficient (Wildman–Crippen LogP) is 6.66. The number of hydrogen-bond donors (Lipinski definition) is 0. The van der Waals surface area contributed by atoms with Gasteiger partial charge in [-0.3, -0.25) is 9.69 Å². The first-order chi connectivity index (χ1) is 18.2. The highest BCUT2D eigenvalue weighted by Crippen LogP contribution is 2.44. The van der Waals surface area contributed by atoms with Gasteiger partial charge in [0.05, 0.1) is 25.8 Å². The van der Waals surface area contributed by atoms with Gasteiger partial charge >= 0.3 is 12.1 Å². The summed E-state index contributed by atoms with van der Waals surface area (Å²) in [6, 6.07) is 27.0. The summed E-state index contributed by atoms with van der Waals surface area (Å²) >= 11 is 0. The molecule has 0 aliphatic heterocycles. The van der Waals surface area contributed by atoms with E-state index in [4.69, 9.17) is 14.2 Å². The van der Waals surface area contributed by atoms with Crippen LogP contribution in [0.2, 0.25) is 0 Å². The molecule has 1 unspecified atom stereocenters. The number of rotatable bonds is 9. The van der Waals surface area contributed by atoms with Crippen LogP contribution in [-0.2, 0) is 14.3 Å². The van der Waals surface area contributed by atoms with Gasteiger partial charge in [-0.05, 0) is 63.1 Å². The van der Waals surface area contributed by atoms with E-state index in [0.717, 1.165) is 5.56 Å². The number of esters is 1. The van der Waals surface area contributed by atoms with Gasteiger partial charge in [-0.1, -0.05) is 60.7 Å². The van der Waals surface area contributed by atoms with Gasteiger partial charge in [0.15, 0.2) is 5.92 Å². The standard InChI is InChI=1S/C31H34N2O5/c1-6-37-29(34)26(21-32)27(22-13-9-7-10-14-22)28(23-15-11-8-12-16-23)33(30(35)38-31(2,3)4)24-17-19-25(36-5)20-18-24/h7-20,26-28H,6H2,1-5H3/t26?,27-,28-/m1/s1. The molecule has 0 aliphatic rings. The molecule has 3 atom stereocenters. The van der Waals surface area contributed by atoms with E-state index in [9.17, 15) is 14.9 Å². The Hall–Kier alpha value is -4.31. The van der Waals surface area contributed by atoms with Crippen LogP contribution in [0.1, 0.15) is 50.8 Å². The molecule has 3 aromatic carbocycles. The van der Waals surface area contributed by atoms with Crippen molar-refractivity contribution in [2.45, 2.75) is 45.3 Å². The van der Waals surface area contributed by atoms with Crippen LogP contribution in [0.3, 0.4) is 0 Å². The average molecular weight is 515 g/mol. The number of hydrogen-bond acceptors (Lipinski definition) is 6. The first-order valence-corrected chi connectivity index (χ1v) is 12.5. The highest BCUT2D eigenvalue weighted by Gasteiger charge is 2.43. The fraction of sp³-hybridized carbons (Fsp3) is 0.323. The summed E-state index contributed by atoms with van der Waals surface area (Å²) in [6.07, 6.45) is -0.613. The van der Waals surface area contributed by atoms with Crippen molar-refractivity contribution in [2.24, 2.45) is 5.92 Å². The zero-order chi connectivity index (χ0) is 27.7. The molecule has 0 aromatic heterocycles. The number of methoxy groups -OCH3 is 1. The number of nitriles is 1. The lowest BCUT2D eigenvalue weighted by molar-refractivity contribution is -0.146. The second kappa shape index (κ2) is 12.8. The molecular weight excluding hydrogens is 480 g/mol. The lowest BCUT2D eigenvalue weighted by Crippen LogP contribution is -2.44. The normalized spacial score (nSPS) is 13.4. The number of benzene rings is 3. The van der Waals surface area contributed by atoms with Crippen molar-refractivity contribution < 1.29 is 23.8 Å². The molecule has 7 heteroatoms. The monoisotopic (exact) mass is 514 g/mol. The van der Waals surface area contributed by atoms with Crippen LogP contribution in [0.25, 0.3) is 0 Å². The minimum absolute atomic E-state index is 0.128. The largest absolute Gasteiger partial charge is 0.497 e. The Kier molecular flexibility index (Phi) is 9.50. The summed E-state index contributed by atoms with van der Waals surface area (Å²) in [5.41, 5.74) is 1.17. The molecular formula is C31H34N2O5. The molecule has 0 N–H and O–H groups in total. The third-order valence-corrected chi connectivity index (χ3v) is 5.92. The van der Waals surface area contributed by atoms with E-state index in [1.54, 1.807) is 59.1 Å². The van der Waals surface area contributed by atoms with Crippen molar-refractivity contribution in [1.82, 2.24) is 0 Å². The minimum atomic E-state index is -1.20. The van der Waals surface area contributed by atoms with Crippen LogP contribution in [0.5, 0.6) is 5.75 Å². The first kappa shape index (κ1) is 28.3. The summed E-state index contributed by atoms with van der Waals surface area (Å²) in [6.45, 7) is 7.20. The molecule has 198 valence electrons. The topological polar surface area (TPSA) is 88.9 Å². The molecule has 0 spiro atoms. The van der Waals surface area contributed by atoms with Gasteiger partial charge in [-0.15, -0.1) is 0 Å². The van der Waals surface area contributed by atoms with Crippen molar-refractivity contribution in [3.05, 3.63) is 96.1 Å². The highest BCUT2D eigenvalue weighted by molar-refractivity contribution is 5.90. The van der Waals surface area contributed by atoms with Crippen molar-refractivity contribution in [3.8, 4) is 11.8 Å². The lowest BCUT2D eigenvalue weighted by Gasteiger charge is -2.39. The SMILES string of the molecule is CCOC(=O)C(C#N)[C@@H](c1ccccc1)[C@@H](c1ccccc1)N(C(=O)OC(C)(C)C)c1ccc(OC)cc1. The minimum Gasteiger partial charge on any atom is -0.497 e. The van der Waals surface area contributed by atoms with E-state index in [1.807, 2.05) is 60.7 Å². The Morgan fingerprint density at radius 3 is 1.92 bits per heavy atom. The van der Waals surface area contributed by atoms with Crippen molar-refractivity contribution >= 4 is 17.7 Å². The van der Waals surface area contributed by atoms with Gasteiger partial charge in [0.25, 0.3) is 0 Å². The van der Waals surface area contributed by atoms with Gasteiger partial charge in [0.1, 0.15) is 11.4 Å². The number of anilines is 1. The highest BCUT2D eigenvalue weighted by atomic mass is 16.6. The maximum atomic E-state index is 13.9. The van der Waals surface area contributed by atoms with Gasteiger partial charge in [-0.25, -0.2) is 4.79 Å². The Morgan fingerprint density at radius 2 is 1.45 bits per heavy atom. The van der Waals surface area contributed by atoms with Crippen LogP contribution in [0.15, 0.2) is 84.9 Å². The van der Waals surface area contributed by atoms with Gasteiger partial charge in [0, 0.05) is 11.6 Å². The third-order valence-electron chi connectivity index (χ3n) is 5.92. The Labute approximate surface area is 224 Å². The lowest BCUT2D eigenvalue weighted by atomic mass is 9.77. The van der Waals surface area contributed by atoms with E-state index in [2.05, 4.69) is 6.07 Å². The second-order valence-corrected chi connectivity index (χ2v) is 9.70. The third kappa shape index (κ3) is 6.92. The van der Waals surface area contributed by atoms with Crippen molar-refractivity contribution in [2.75, 3.05) is 18.6 Å². The Balaban J connectivity index is 2.33. The van der Waals surface area contributed by atoms with Gasteiger partial charge in [-0.2, -0.15) is 5.26 Å². The molecule has 0 radical (unpaired) electrons. The quantitative estimate of drug-likeness (QED) is 0.297. The maximum Gasteiger partial charge on any atom is 0.415 e. The smallest absolute Gasteiger partial charge is 0.415 e. The van der Waals surface area contributed by atoms with Gasteiger partial charge in [0.2, 0.25) is 0 Å². The second-order valence-electron chi connectivity index (χ2n) is 9.70. The summed E-state index contributed by atoms with van der Waals surface area (Å²) in [4.78, 5) is 28.6. The molecule has 3 aromatic rings. The van der Waals surface area contributed by atoms with Crippen LogP contribution in [0.4, 0.5) is 10.5 Å². The fourth-order valence-corrected chi connectivity index (χ4v) is 4.34. The summed E-state index contributed by atoms with van der Waals surface area (Å²) in [7, 11) is 1.57. The van der Waals surface area contributed by atoms with E-state index < -0.39 is 35.5 Å². The first-order valence-electron chi connectivity index (χ1n) is 12.5. The fourth-order valence-electron chi connectivity index (χ4n) is 4.34. The van der Waals surface area contributed by atoms with E-state index >= 15 is 0 Å². The zero-order valence-corrected chi connectivity index (χ0v) is 22.5. The number of nitrogens with zero attached hydrogens (tertiary/aromatic N) is 2. The number of carbonyl (C=O) groups excluding carboxylic acids is 2. The maximum absolute atomic E-state index is 13.9. The molecule has 3 rings (SSSR count). The van der Waals surface area contributed by atoms with Crippen LogP contribution in [0, 0.1) is 17.2 Å². The number of ether oxygens (including phenoxy) is 3. The van der Waals surface area contributed by atoms with Gasteiger partial charge < -0.3 is 14.2 Å². The molecule has 0 fully saturated rings. The Bertz CT molecular complexity index is 1230. The molecule has 0 bridgehead atoms. The summed E-state index contributed by atoms with van der Waals surface area (Å²) in [5.74, 6) is -2.01. The summed E-state index contributed by atoms with van der Waals surface area (Å²) < 4.78 is 16.5. The average Bonchev–Trinajstić information content (AvgIpc) is 2.91. The van der Waals surface area contributed by atoms with E-state index in [0.29, 0.717) is 17.0 Å². The molecule has 0 saturated carbocycles. The molecule has 1 amide bonds. The number of carbonyl (C=O) groups is 2. The summed E-state index contributed by atoms with van der Waals surface area (Å²) in [5, 5.41) is 10.3. The zero-order valence-electron chi connectivity index (χ0n) is 22.5. The predicted molar refractivity (Wildman–Crippen MR) is 146 cm³/mol. The number of amides is 1. The van der Waals surface area contributed by atoms with Crippen molar-refractivity contribution in [3.63, 3.8) is 0 Å². The van der Waals surface area contributed by atoms with Crippen molar-refractivity contribution in [1.29, 1.82) is 5.26 Å². The molecule has 38 heavy (non-hydrogen) atoms. The molecule has 0 saturated heterocycles. The van der Waals surface area contributed by atoms with E-state index in [1.165, 1.54) is 4.90 Å².